The zero-order chi connectivity index (χ0) is 11.4. The molecule has 0 heterocycles. The summed E-state index contributed by atoms with van der Waals surface area (Å²) in [5, 5.41) is 0.861. The predicted octanol–water partition coefficient (Wildman–Crippen LogP) is 2.63. The molecule has 0 saturated heterocycles. The smallest absolute Gasteiger partial charge is 0.255 e. The summed E-state index contributed by atoms with van der Waals surface area (Å²) in [4.78, 5) is 0. The summed E-state index contributed by atoms with van der Waals surface area (Å²) in [5.41, 5.74) is 2.59. The third kappa shape index (κ3) is 3.57. The first kappa shape index (κ1) is 12.6. The van der Waals surface area contributed by atoms with E-state index in [9.17, 15) is 8.78 Å². The lowest BCUT2D eigenvalue weighted by atomic mass is 10.1. The zero-order valence-corrected chi connectivity index (χ0v) is 9.19. The molecule has 15 heavy (non-hydrogen) atoms. The third-order valence-corrected chi connectivity index (χ3v) is 2.57. The number of alkyl halides is 2. The summed E-state index contributed by atoms with van der Waals surface area (Å²) in [6.07, 6.45) is -2.52. The van der Waals surface area contributed by atoms with Gasteiger partial charge in [-0.25, -0.2) is 8.78 Å². The van der Waals surface area contributed by atoms with Crippen LogP contribution < -0.4 is 11.3 Å². The van der Waals surface area contributed by atoms with Crippen LogP contribution in [0.2, 0.25) is 10.0 Å². The van der Waals surface area contributed by atoms with Crippen LogP contribution in [0.15, 0.2) is 18.2 Å². The lowest BCUT2D eigenvalue weighted by Crippen LogP contribution is -2.42. The van der Waals surface area contributed by atoms with Gasteiger partial charge in [-0.15, -0.1) is 0 Å². The second-order valence-corrected chi connectivity index (χ2v) is 3.89. The Morgan fingerprint density at radius 3 is 2.53 bits per heavy atom. The normalized spacial score (nSPS) is 13.2. The Hall–Kier alpha value is -0.420. The number of rotatable bonds is 4. The van der Waals surface area contributed by atoms with Crippen LogP contribution >= 0.6 is 23.2 Å². The van der Waals surface area contributed by atoms with Crippen LogP contribution in [0.25, 0.3) is 0 Å². The molecule has 1 rings (SSSR count). The van der Waals surface area contributed by atoms with Crippen molar-refractivity contribution in [2.75, 3.05) is 0 Å². The summed E-state index contributed by atoms with van der Waals surface area (Å²) in [5.74, 6) is 5.00. The highest BCUT2D eigenvalue weighted by atomic mass is 35.5. The van der Waals surface area contributed by atoms with Gasteiger partial charge in [0.15, 0.2) is 0 Å². The van der Waals surface area contributed by atoms with Crippen molar-refractivity contribution in [1.82, 2.24) is 5.43 Å². The van der Waals surface area contributed by atoms with Crippen LogP contribution in [0, 0.1) is 0 Å². The molecule has 1 aromatic rings. The van der Waals surface area contributed by atoms with Gasteiger partial charge in [0.1, 0.15) is 0 Å². The molecule has 84 valence electrons. The molecule has 1 aromatic carbocycles. The van der Waals surface area contributed by atoms with Gasteiger partial charge in [0, 0.05) is 10.0 Å². The molecular weight excluding hydrogens is 245 g/mol. The topological polar surface area (TPSA) is 38.0 Å². The highest BCUT2D eigenvalue weighted by Crippen LogP contribution is 2.22. The molecule has 0 spiro atoms. The van der Waals surface area contributed by atoms with E-state index in [1.165, 1.54) is 0 Å². The molecule has 6 heteroatoms. The highest BCUT2D eigenvalue weighted by molar-refractivity contribution is 6.33. The van der Waals surface area contributed by atoms with Gasteiger partial charge >= 0.3 is 0 Å². The standard InChI is InChI=1S/C9H10Cl2F2N2/c10-6-1-2-7(11)5(3-6)4-8(15-14)9(12)13/h1-3,8-9,15H,4,14H2. The number of nitrogens with one attached hydrogen (secondary N) is 1. The minimum Gasteiger partial charge on any atom is -0.271 e. The fourth-order valence-electron chi connectivity index (χ4n) is 1.16. The van der Waals surface area contributed by atoms with Gasteiger partial charge in [-0.2, -0.15) is 0 Å². The minimum atomic E-state index is -2.55. The Balaban J connectivity index is 2.82. The van der Waals surface area contributed by atoms with Crippen molar-refractivity contribution in [3.05, 3.63) is 33.8 Å². The van der Waals surface area contributed by atoms with E-state index in [0.717, 1.165) is 0 Å². The first-order valence-corrected chi connectivity index (χ1v) is 4.98. The predicted molar refractivity (Wildman–Crippen MR) is 57.3 cm³/mol. The van der Waals surface area contributed by atoms with Gasteiger partial charge < -0.3 is 0 Å². The minimum absolute atomic E-state index is 0.0353. The highest BCUT2D eigenvalue weighted by Gasteiger charge is 2.20. The molecule has 0 fully saturated rings. The number of benzene rings is 1. The molecule has 0 aliphatic rings. The van der Waals surface area contributed by atoms with Gasteiger partial charge in [-0.1, -0.05) is 23.2 Å². The number of halogens is 4. The molecule has 0 amide bonds. The van der Waals surface area contributed by atoms with E-state index in [4.69, 9.17) is 29.0 Å². The van der Waals surface area contributed by atoms with E-state index >= 15 is 0 Å². The molecule has 3 N–H and O–H groups in total. The summed E-state index contributed by atoms with van der Waals surface area (Å²) in [7, 11) is 0. The molecular formula is C9H10Cl2F2N2. The van der Waals surface area contributed by atoms with Gasteiger partial charge in [-0.05, 0) is 30.2 Å². The largest absolute Gasteiger partial charge is 0.271 e. The van der Waals surface area contributed by atoms with Crippen molar-refractivity contribution >= 4 is 23.2 Å². The van der Waals surface area contributed by atoms with Crippen molar-refractivity contribution in [2.24, 2.45) is 5.84 Å². The monoisotopic (exact) mass is 254 g/mol. The molecule has 0 bridgehead atoms. The Kier molecular flexibility index (Phi) is 4.73. The molecule has 2 nitrogen and oxygen atoms in total. The third-order valence-electron chi connectivity index (χ3n) is 1.97. The molecule has 1 unspecified atom stereocenters. The van der Waals surface area contributed by atoms with Gasteiger partial charge in [0.05, 0.1) is 6.04 Å². The lowest BCUT2D eigenvalue weighted by Gasteiger charge is -2.15. The molecule has 0 saturated carbocycles. The Morgan fingerprint density at radius 2 is 2.00 bits per heavy atom. The first-order chi connectivity index (χ1) is 7.04. The van der Waals surface area contributed by atoms with Gasteiger partial charge in [0.25, 0.3) is 6.43 Å². The van der Waals surface area contributed by atoms with E-state index in [1.807, 2.05) is 5.43 Å². The molecule has 0 aliphatic carbocycles. The van der Waals surface area contributed by atoms with E-state index < -0.39 is 12.5 Å². The Labute approximate surface area is 96.3 Å². The first-order valence-electron chi connectivity index (χ1n) is 4.22. The van der Waals surface area contributed by atoms with E-state index in [2.05, 4.69) is 0 Å². The number of nitrogens with two attached hydrogens (primary N) is 1. The van der Waals surface area contributed by atoms with E-state index in [-0.39, 0.29) is 6.42 Å². The molecule has 0 aliphatic heterocycles. The van der Waals surface area contributed by atoms with Crippen LogP contribution in [0.4, 0.5) is 8.78 Å². The van der Waals surface area contributed by atoms with E-state index in [1.54, 1.807) is 18.2 Å². The van der Waals surface area contributed by atoms with Crippen molar-refractivity contribution in [3.8, 4) is 0 Å². The second kappa shape index (κ2) is 5.61. The second-order valence-electron chi connectivity index (χ2n) is 3.05. The van der Waals surface area contributed by atoms with Crippen LogP contribution in [-0.2, 0) is 6.42 Å². The maximum Gasteiger partial charge on any atom is 0.255 e. The van der Waals surface area contributed by atoms with E-state index in [0.29, 0.717) is 15.6 Å². The van der Waals surface area contributed by atoms with Crippen LogP contribution in [0.1, 0.15) is 5.56 Å². The van der Waals surface area contributed by atoms with Crippen LogP contribution in [0.3, 0.4) is 0 Å². The fourth-order valence-corrected chi connectivity index (χ4v) is 1.55. The maximum atomic E-state index is 12.4. The summed E-state index contributed by atoms with van der Waals surface area (Å²) in [6.45, 7) is 0. The van der Waals surface area contributed by atoms with Crippen LogP contribution in [0.5, 0.6) is 0 Å². The summed E-state index contributed by atoms with van der Waals surface area (Å²) < 4.78 is 24.8. The van der Waals surface area contributed by atoms with Crippen molar-refractivity contribution in [3.63, 3.8) is 0 Å². The fraction of sp³-hybridized carbons (Fsp3) is 0.333. The molecule has 0 aromatic heterocycles. The number of hydrazine groups is 1. The number of hydrogen-bond donors (Lipinski definition) is 2. The average molecular weight is 255 g/mol. The quantitative estimate of drug-likeness (QED) is 0.641. The average Bonchev–Trinajstić information content (AvgIpc) is 2.18. The molecule has 0 radical (unpaired) electrons. The van der Waals surface area contributed by atoms with Gasteiger partial charge in [0.2, 0.25) is 0 Å². The van der Waals surface area contributed by atoms with Crippen molar-refractivity contribution in [1.29, 1.82) is 0 Å². The number of hydrogen-bond acceptors (Lipinski definition) is 2. The van der Waals surface area contributed by atoms with Crippen molar-refractivity contribution in [2.45, 2.75) is 18.9 Å². The Bertz CT molecular complexity index is 334. The summed E-state index contributed by atoms with van der Waals surface area (Å²) >= 11 is 11.6. The van der Waals surface area contributed by atoms with Gasteiger partial charge in [-0.3, -0.25) is 11.3 Å². The zero-order valence-electron chi connectivity index (χ0n) is 7.68. The molecule has 1 atom stereocenters. The lowest BCUT2D eigenvalue weighted by molar-refractivity contribution is 0.0984. The summed E-state index contributed by atoms with van der Waals surface area (Å²) in [6, 6.07) is 3.59. The van der Waals surface area contributed by atoms with Crippen molar-refractivity contribution < 1.29 is 8.78 Å². The maximum absolute atomic E-state index is 12.4. The SMILES string of the molecule is NNC(Cc1cc(Cl)ccc1Cl)C(F)F. The van der Waals surface area contributed by atoms with Crippen LogP contribution in [-0.4, -0.2) is 12.5 Å². The Morgan fingerprint density at radius 1 is 1.33 bits per heavy atom.